The van der Waals surface area contributed by atoms with Gasteiger partial charge in [-0.25, -0.2) is 4.79 Å². The van der Waals surface area contributed by atoms with E-state index in [9.17, 15) is 9.59 Å². The molecule has 1 atom stereocenters. The van der Waals surface area contributed by atoms with E-state index in [0.29, 0.717) is 36.2 Å². The van der Waals surface area contributed by atoms with Crippen molar-refractivity contribution < 1.29 is 14.3 Å². The van der Waals surface area contributed by atoms with Gasteiger partial charge in [0.25, 0.3) is 0 Å². The molecule has 1 fully saturated rings. The highest BCUT2D eigenvalue weighted by Crippen LogP contribution is 2.28. The number of rotatable bonds is 5. The van der Waals surface area contributed by atoms with Crippen molar-refractivity contribution in [2.75, 3.05) is 31.1 Å². The second-order valence-corrected chi connectivity index (χ2v) is 7.32. The normalized spacial score (nSPS) is 15.2. The van der Waals surface area contributed by atoms with Crippen LogP contribution in [0.1, 0.15) is 18.1 Å². The number of carbonyl (C=O) groups is 2. The molecule has 2 aromatic rings. The topological polar surface area (TPSA) is 75.9 Å². The Balaban J connectivity index is 1.60. The number of halogens is 2. The largest absolute Gasteiger partial charge is 0.441 e. The summed E-state index contributed by atoms with van der Waals surface area (Å²) in [7, 11) is 0. The molecular formula is C20H21Cl2N3O3. The van der Waals surface area contributed by atoms with Gasteiger partial charge >= 0.3 is 6.09 Å². The minimum atomic E-state index is -0.897. The van der Waals surface area contributed by atoms with Crippen molar-refractivity contribution in [2.24, 2.45) is 5.73 Å². The lowest BCUT2D eigenvalue weighted by Crippen LogP contribution is -2.49. The third-order valence-corrected chi connectivity index (χ3v) is 5.43. The molecule has 1 aliphatic heterocycles. The van der Waals surface area contributed by atoms with Crippen LogP contribution in [0.15, 0.2) is 48.5 Å². The Morgan fingerprint density at radius 1 is 1.00 bits per heavy atom. The molecule has 2 aromatic carbocycles. The third-order valence-electron chi connectivity index (χ3n) is 4.69. The van der Waals surface area contributed by atoms with Crippen LogP contribution in [0.3, 0.4) is 0 Å². The van der Waals surface area contributed by atoms with Crippen LogP contribution in [0, 0.1) is 0 Å². The summed E-state index contributed by atoms with van der Waals surface area (Å²) >= 11 is 12.1. The fraction of sp³-hybridized carbons (Fsp3) is 0.300. The zero-order chi connectivity index (χ0) is 20.1. The lowest BCUT2D eigenvalue weighted by Gasteiger charge is -2.36. The van der Waals surface area contributed by atoms with E-state index < -0.39 is 12.2 Å². The number of primary amides is 1. The number of piperazine rings is 1. The van der Waals surface area contributed by atoms with Crippen LogP contribution in [0.2, 0.25) is 10.0 Å². The molecule has 8 heteroatoms. The number of amides is 2. The van der Waals surface area contributed by atoms with Crippen molar-refractivity contribution >= 4 is 40.9 Å². The van der Waals surface area contributed by atoms with Gasteiger partial charge in [0, 0.05) is 31.9 Å². The maximum atomic E-state index is 12.7. The van der Waals surface area contributed by atoms with Crippen LogP contribution in [-0.2, 0) is 9.53 Å². The Bertz CT molecular complexity index is 840. The molecule has 1 aliphatic rings. The minimum Gasteiger partial charge on any atom is -0.441 e. The van der Waals surface area contributed by atoms with Gasteiger partial charge in [0.15, 0.2) is 0 Å². The molecule has 0 radical (unpaired) electrons. The summed E-state index contributed by atoms with van der Waals surface area (Å²) in [5.41, 5.74) is 6.89. The van der Waals surface area contributed by atoms with Gasteiger partial charge in [0.05, 0.1) is 16.5 Å². The first-order valence-corrected chi connectivity index (χ1v) is 9.68. The van der Waals surface area contributed by atoms with E-state index in [1.54, 1.807) is 11.0 Å². The molecule has 0 bridgehead atoms. The summed E-state index contributed by atoms with van der Waals surface area (Å²) in [4.78, 5) is 27.9. The van der Waals surface area contributed by atoms with Gasteiger partial charge in [-0.15, -0.1) is 0 Å². The van der Waals surface area contributed by atoms with Gasteiger partial charge in [-0.2, -0.15) is 0 Å². The van der Waals surface area contributed by atoms with E-state index in [4.69, 9.17) is 33.7 Å². The minimum absolute atomic E-state index is 0.0553. The van der Waals surface area contributed by atoms with Crippen LogP contribution in [0.25, 0.3) is 0 Å². The molecule has 0 spiro atoms. The highest BCUT2D eigenvalue weighted by Gasteiger charge is 2.26. The van der Waals surface area contributed by atoms with E-state index in [-0.39, 0.29) is 12.3 Å². The third kappa shape index (κ3) is 5.09. The van der Waals surface area contributed by atoms with Gasteiger partial charge in [-0.3, -0.25) is 4.79 Å². The zero-order valence-corrected chi connectivity index (χ0v) is 16.7. The molecule has 3 rings (SSSR count). The fourth-order valence-corrected chi connectivity index (χ4v) is 3.51. The van der Waals surface area contributed by atoms with E-state index in [0.717, 1.165) is 11.3 Å². The van der Waals surface area contributed by atoms with Gasteiger partial charge < -0.3 is 20.3 Å². The Kier molecular flexibility index (Phi) is 6.65. The summed E-state index contributed by atoms with van der Waals surface area (Å²) in [5, 5.41) is 1.02. The van der Waals surface area contributed by atoms with Gasteiger partial charge in [-0.05, 0) is 23.8 Å². The number of carbonyl (C=O) groups excluding carboxylic acids is 2. The van der Waals surface area contributed by atoms with Gasteiger partial charge in [0.2, 0.25) is 5.91 Å². The molecule has 28 heavy (non-hydrogen) atoms. The Morgan fingerprint density at radius 3 is 2.29 bits per heavy atom. The van der Waals surface area contributed by atoms with E-state index in [1.807, 2.05) is 42.5 Å². The van der Waals surface area contributed by atoms with Crippen molar-refractivity contribution in [2.45, 2.75) is 12.5 Å². The van der Waals surface area contributed by atoms with Crippen molar-refractivity contribution in [1.82, 2.24) is 4.90 Å². The van der Waals surface area contributed by atoms with E-state index in [1.165, 1.54) is 0 Å². The van der Waals surface area contributed by atoms with Crippen molar-refractivity contribution in [3.8, 4) is 0 Å². The summed E-state index contributed by atoms with van der Waals surface area (Å²) in [6.45, 7) is 2.49. The van der Waals surface area contributed by atoms with Gasteiger partial charge in [0.1, 0.15) is 6.10 Å². The maximum Gasteiger partial charge on any atom is 0.405 e. The number of ether oxygens (including phenoxy) is 1. The fourth-order valence-electron chi connectivity index (χ4n) is 3.22. The Morgan fingerprint density at radius 2 is 1.68 bits per heavy atom. The van der Waals surface area contributed by atoms with Crippen LogP contribution in [0.4, 0.5) is 10.5 Å². The number of hydrogen-bond donors (Lipinski definition) is 1. The average Bonchev–Trinajstić information content (AvgIpc) is 2.70. The number of hydrogen-bond acceptors (Lipinski definition) is 4. The molecule has 1 heterocycles. The molecular weight excluding hydrogens is 401 g/mol. The smallest absolute Gasteiger partial charge is 0.405 e. The van der Waals surface area contributed by atoms with Crippen molar-refractivity contribution in [3.63, 3.8) is 0 Å². The Hall–Kier alpha value is -2.44. The second kappa shape index (κ2) is 9.17. The number of benzene rings is 2. The first-order chi connectivity index (χ1) is 13.4. The summed E-state index contributed by atoms with van der Waals surface area (Å²) in [6.07, 6.45) is -1.54. The molecule has 2 amide bonds. The monoisotopic (exact) mass is 421 g/mol. The molecule has 2 N–H and O–H groups in total. The van der Waals surface area contributed by atoms with Crippen molar-refractivity contribution in [3.05, 3.63) is 64.1 Å². The quantitative estimate of drug-likeness (QED) is 0.794. The first kappa shape index (κ1) is 20.3. The standard InChI is InChI=1S/C20H21Cl2N3O3/c21-16-7-6-15(12-17(16)22)24-8-10-25(11-9-24)19(26)13-18(28-20(23)27)14-4-2-1-3-5-14/h1-7,12,18H,8-11,13H2,(H2,23,27)/t18-/m0/s1. The summed E-state index contributed by atoms with van der Waals surface area (Å²) in [6, 6.07) is 14.6. The molecule has 0 unspecified atom stereocenters. The zero-order valence-electron chi connectivity index (χ0n) is 15.2. The average molecular weight is 422 g/mol. The van der Waals surface area contributed by atoms with Crippen LogP contribution in [0.5, 0.6) is 0 Å². The van der Waals surface area contributed by atoms with E-state index in [2.05, 4.69) is 4.90 Å². The second-order valence-electron chi connectivity index (χ2n) is 6.51. The highest BCUT2D eigenvalue weighted by atomic mass is 35.5. The molecule has 0 saturated carbocycles. The SMILES string of the molecule is NC(=O)O[C@@H](CC(=O)N1CCN(c2ccc(Cl)c(Cl)c2)CC1)c1ccccc1. The molecule has 0 aliphatic carbocycles. The number of nitrogens with zero attached hydrogens (tertiary/aromatic N) is 2. The lowest BCUT2D eigenvalue weighted by molar-refractivity contribution is -0.133. The lowest BCUT2D eigenvalue weighted by atomic mass is 10.1. The van der Waals surface area contributed by atoms with Crippen LogP contribution in [-0.4, -0.2) is 43.1 Å². The predicted octanol–water partition coefficient (Wildman–Crippen LogP) is 3.87. The molecule has 148 valence electrons. The van der Waals surface area contributed by atoms with Crippen LogP contribution < -0.4 is 10.6 Å². The Labute approximate surface area is 173 Å². The number of nitrogens with two attached hydrogens (primary N) is 1. The highest BCUT2D eigenvalue weighted by molar-refractivity contribution is 6.42. The van der Waals surface area contributed by atoms with Crippen LogP contribution >= 0.6 is 23.2 Å². The first-order valence-electron chi connectivity index (χ1n) is 8.93. The maximum absolute atomic E-state index is 12.7. The predicted molar refractivity (Wildman–Crippen MR) is 110 cm³/mol. The molecule has 6 nitrogen and oxygen atoms in total. The summed E-state index contributed by atoms with van der Waals surface area (Å²) in [5.74, 6) is -0.0797. The van der Waals surface area contributed by atoms with E-state index >= 15 is 0 Å². The molecule has 0 aromatic heterocycles. The van der Waals surface area contributed by atoms with Gasteiger partial charge in [-0.1, -0.05) is 53.5 Å². The summed E-state index contributed by atoms with van der Waals surface area (Å²) < 4.78 is 5.17. The number of anilines is 1. The van der Waals surface area contributed by atoms with Crippen molar-refractivity contribution in [1.29, 1.82) is 0 Å². The molecule has 1 saturated heterocycles.